The van der Waals surface area contributed by atoms with Crippen LogP contribution in [0.2, 0.25) is 0 Å². The molecular weight excluding hydrogens is 505 g/mol. The Labute approximate surface area is 224 Å². The van der Waals surface area contributed by atoms with Crippen LogP contribution in [0.1, 0.15) is 60.8 Å². The van der Waals surface area contributed by atoms with Crippen LogP contribution in [-0.2, 0) is 11.0 Å². The van der Waals surface area contributed by atoms with Gasteiger partial charge in [0.2, 0.25) is 0 Å². The first-order valence-corrected chi connectivity index (χ1v) is 13.1. The predicted molar refractivity (Wildman–Crippen MR) is 149 cm³/mol. The lowest BCUT2D eigenvalue weighted by Crippen LogP contribution is -2.31. The summed E-state index contributed by atoms with van der Waals surface area (Å²) in [4.78, 5) is 0. The van der Waals surface area contributed by atoms with E-state index >= 15 is 0 Å². The Morgan fingerprint density at radius 3 is 2.14 bits per heavy atom. The van der Waals surface area contributed by atoms with Crippen molar-refractivity contribution in [3.8, 4) is 18.1 Å². The van der Waals surface area contributed by atoms with E-state index in [9.17, 15) is 17.4 Å². The summed E-state index contributed by atoms with van der Waals surface area (Å²) in [7, 11) is 1.91. The van der Waals surface area contributed by atoms with Crippen LogP contribution >= 0.6 is 0 Å². The summed E-state index contributed by atoms with van der Waals surface area (Å²) in [6.45, 7) is 10.7. The molecule has 0 heterocycles. The lowest BCUT2D eigenvalue weighted by Gasteiger charge is -2.16. The molecule has 0 aromatic heterocycles. The first kappa shape index (κ1) is 39.2. The Bertz CT molecular complexity index is 851. The van der Waals surface area contributed by atoms with Crippen LogP contribution in [0.15, 0.2) is 36.2 Å². The fourth-order valence-corrected chi connectivity index (χ4v) is 3.66. The molecule has 214 valence electrons. The number of allylic oxidation sites excluding steroid dienone is 3. The summed E-state index contributed by atoms with van der Waals surface area (Å²) in [5.41, 5.74) is -0.131. The number of methoxy groups -OCH3 is 1. The lowest BCUT2D eigenvalue weighted by atomic mass is 10.2. The molecule has 1 aromatic rings. The largest absolute Gasteiger partial charge is 0.497 e. The first-order chi connectivity index (χ1) is 17.6. The van der Waals surface area contributed by atoms with Gasteiger partial charge in [0.05, 0.1) is 47.8 Å². The van der Waals surface area contributed by atoms with E-state index in [0.29, 0.717) is 6.42 Å². The zero-order valence-corrected chi connectivity index (χ0v) is 24.1. The molecule has 2 rings (SSSR count). The van der Waals surface area contributed by atoms with Crippen molar-refractivity contribution in [1.82, 2.24) is 4.72 Å². The summed E-state index contributed by atoms with van der Waals surface area (Å²) in [6.07, 6.45) is 11.3. The van der Waals surface area contributed by atoms with Crippen LogP contribution < -0.4 is 14.8 Å². The van der Waals surface area contributed by atoms with Crippen molar-refractivity contribution < 1.29 is 32.3 Å². The van der Waals surface area contributed by atoms with E-state index in [2.05, 4.69) is 22.4 Å². The number of halogens is 3. The van der Waals surface area contributed by atoms with Gasteiger partial charge in [-0.2, -0.15) is 0 Å². The van der Waals surface area contributed by atoms with Crippen molar-refractivity contribution in [2.24, 2.45) is 0 Å². The summed E-state index contributed by atoms with van der Waals surface area (Å²) < 4.78 is 57.6. The molecule has 6 nitrogen and oxygen atoms in total. The molecule has 0 radical (unpaired) electrons. The molecule has 1 aliphatic rings. The Hall–Kier alpha value is -2.32. The summed E-state index contributed by atoms with van der Waals surface area (Å²) in [5.74, 6) is -0.127. The molecular formula is C27H45F3N2O4S. The number of aliphatic hydroxyl groups is 2. The van der Waals surface area contributed by atoms with Gasteiger partial charge in [-0.15, -0.1) is 12.3 Å². The van der Waals surface area contributed by atoms with Crippen molar-refractivity contribution in [1.29, 1.82) is 0 Å². The molecule has 0 aliphatic heterocycles. The zero-order chi connectivity index (χ0) is 29.4. The minimum absolute atomic E-state index is 0.131. The fourth-order valence-electron chi connectivity index (χ4n) is 2.41. The number of nitrogens with one attached hydrogen (secondary N) is 2. The maximum Gasteiger partial charge on any atom is 0.182 e. The quantitative estimate of drug-likeness (QED) is 0.236. The third-order valence-corrected chi connectivity index (χ3v) is 6.27. The third kappa shape index (κ3) is 17.7. The molecule has 2 atom stereocenters. The van der Waals surface area contributed by atoms with Gasteiger partial charge in [-0.05, 0) is 54.0 Å². The standard InChI is InChI=1S/C11H12F3NO.C7H15NO3S.C4H8.C3H4.C2H6/c1-3-7(12)6-15-10-5-8(16-2)4-9(13)11(10)14;1-8-12(11)7(2-3-7)4-6(10)5-9;1-3-4-2;1-3-2;1-2/h3-5,15H,6H2,1-2H3;6,8-10H,2-5H2,1H3;3-4H,1-2H3;1H,2H3;1-2H3/b7-3+;;4-3+;;. The SMILES string of the molecule is C#CC.C/C=C(/F)CNc1cc(OC)cc(F)c1F.C/C=C/C.CC.CNS(=O)C1(CC(O)CO)CC1. The summed E-state index contributed by atoms with van der Waals surface area (Å²) >= 11 is 0. The highest BCUT2D eigenvalue weighted by Gasteiger charge is 2.49. The summed E-state index contributed by atoms with van der Waals surface area (Å²) in [6, 6.07) is 2.19. The number of hydrogen-bond acceptors (Lipinski definition) is 5. The van der Waals surface area contributed by atoms with Gasteiger partial charge in [0.25, 0.3) is 0 Å². The van der Waals surface area contributed by atoms with Crippen molar-refractivity contribution in [2.45, 2.75) is 71.7 Å². The molecule has 0 bridgehead atoms. The molecule has 10 heteroatoms. The molecule has 4 N–H and O–H groups in total. The highest BCUT2D eigenvalue weighted by molar-refractivity contribution is 7.84. The zero-order valence-electron chi connectivity index (χ0n) is 23.3. The smallest absolute Gasteiger partial charge is 0.182 e. The van der Waals surface area contributed by atoms with E-state index in [0.717, 1.165) is 18.9 Å². The second-order valence-corrected chi connectivity index (χ2v) is 9.02. The van der Waals surface area contributed by atoms with E-state index in [-0.39, 0.29) is 29.3 Å². The predicted octanol–water partition coefficient (Wildman–Crippen LogP) is 5.65. The van der Waals surface area contributed by atoms with E-state index in [1.807, 2.05) is 39.8 Å². The number of ether oxygens (including phenoxy) is 1. The van der Waals surface area contributed by atoms with Gasteiger partial charge < -0.3 is 20.3 Å². The average molecular weight is 551 g/mol. The number of aliphatic hydroxyl groups excluding tert-OH is 2. The molecule has 1 fully saturated rings. The normalized spacial score (nSPS) is 14.4. The Morgan fingerprint density at radius 1 is 1.27 bits per heavy atom. The molecule has 1 aliphatic carbocycles. The highest BCUT2D eigenvalue weighted by Crippen LogP contribution is 2.44. The third-order valence-electron chi connectivity index (χ3n) is 4.54. The molecule has 0 spiro atoms. The lowest BCUT2D eigenvalue weighted by molar-refractivity contribution is 0.0861. The maximum atomic E-state index is 13.2. The second-order valence-electron chi connectivity index (χ2n) is 7.21. The van der Waals surface area contributed by atoms with E-state index < -0.39 is 34.6 Å². The molecule has 37 heavy (non-hydrogen) atoms. The van der Waals surface area contributed by atoms with Crippen LogP contribution in [0, 0.1) is 24.0 Å². The van der Waals surface area contributed by atoms with Crippen LogP contribution in [-0.4, -0.2) is 52.6 Å². The van der Waals surface area contributed by atoms with Crippen LogP contribution in [0.5, 0.6) is 5.75 Å². The summed E-state index contributed by atoms with van der Waals surface area (Å²) in [5, 5.41) is 20.2. The fraction of sp³-hybridized carbons (Fsp3) is 0.556. The van der Waals surface area contributed by atoms with Crippen molar-refractivity contribution in [3.63, 3.8) is 0 Å². The maximum absolute atomic E-state index is 13.2. The Balaban J connectivity index is -0.000000483. The van der Waals surface area contributed by atoms with Crippen LogP contribution in [0.3, 0.4) is 0 Å². The molecule has 2 unspecified atom stereocenters. The van der Waals surface area contributed by atoms with Gasteiger partial charge in [0, 0.05) is 12.1 Å². The van der Waals surface area contributed by atoms with Gasteiger partial charge in [0.1, 0.15) is 11.6 Å². The number of hydrogen-bond donors (Lipinski definition) is 4. The van der Waals surface area contributed by atoms with Crippen molar-refractivity contribution in [3.05, 3.63) is 47.8 Å². The molecule has 0 saturated heterocycles. The minimum atomic E-state index is -1.07. The topological polar surface area (TPSA) is 90.8 Å². The van der Waals surface area contributed by atoms with E-state index in [1.54, 1.807) is 14.0 Å². The Morgan fingerprint density at radius 2 is 1.78 bits per heavy atom. The molecule has 0 amide bonds. The van der Waals surface area contributed by atoms with Gasteiger partial charge in [0.15, 0.2) is 11.6 Å². The van der Waals surface area contributed by atoms with Crippen LogP contribution in [0.25, 0.3) is 0 Å². The van der Waals surface area contributed by atoms with E-state index in [4.69, 9.17) is 14.9 Å². The second kappa shape index (κ2) is 24.0. The average Bonchev–Trinajstić information content (AvgIpc) is 3.71. The Kier molecular flexibility index (Phi) is 25.5. The molecule has 1 aromatic carbocycles. The van der Waals surface area contributed by atoms with Crippen molar-refractivity contribution in [2.75, 3.05) is 32.6 Å². The number of rotatable bonds is 9. The van der Waals surface area contributed by atoms with E-state index in [1.165, 1.54) is 26.2 Å². The van der Waals surface area contributed by atoms with Crippen LogP contribution in [0.4, 0.5) is 18.9 Å². The number of anilines is 1. The van der Waals surface area contributed by atoms with Gasteiger partial charge >= 0.3 is 0 Å². The number of terminal acetylenes is 1. The first-order valence-electron chi connectivity index (χ1n) is 12.0. The monoisotopic (exact) mass is 550 g/mol. The minimum Gasteiger partial charge on any atom is -0.497 e. The van der Waals surface area contributed by atoms with Crippen molar-refractivity contribution >= 4 is 16.7 Å². The van der Waals surface area contributed by atoms with Gasteiger partial charge in [-0.25, -0.2) is 22.1 Å². The number of benzene rings is 1. The highest BCUT2D eigenvalue weighted by atomic mass is 32.2. The molecule has 1 saturated carbocycles. The van der Waals surface area contributed by atoms with Gasteiger partial charge in [-0.3, -0.25) is 0 Å². The van der Waals surface area contributed by atoms with Gasteiger partial charge in [-0.1, -0.05) is 32.1 Å².